The summed E-state index contributed by atoms with van der Waals surface area (Å²) in [4.78, 5) is 14.5. The predicted octanol–water partition coefficient (Wildman–Crippen LogP) is 5.55. The Labute approximate surface area is 189 Å². The molecule has 0 N–H and O–H groups in total. The standard InChI is InChI=1S/C24H24BrFN2O3/c1-2-16-5-10-22(20(25)14-16)30-13-3-4-23(29)28-12-11-19-21(15-28)27-31-24(19)17-6-8-18(26)9-7-17/h5-10,14H,2-4,11-13,15H2,1H3. The Morgan fingerprint density at radius 3 is 2.81 bits per heavy atom. The van der Waals surface area contributed by atoms with Crippen molar-refractivity contribution in [2.24, 2.45) is 0 Å². The van der Waals surface area contributed by atoms with E-state index in [4.69, 9.17) is 9.26 Å². The lowest BCUT2D eigenvalue weighted by molar-refractivity contribution is -0.132. The molecule has 1 amide bonds. The zero-order valence-electron chi connectivity index (χ0n) is 17.4. The van der Waals surface area contributed by atoms with Gasteiger partial charge in [-0.05, 0) is 77.2 Å². The summed E-state index contributed by atoms with van der Waals surface area (Å²) in [6, 6.07) is 12.2. The molecule has 0 fully saturated rings. The Morgan fingerprint density at radius 2 is 2.06 bits per heavy atom. The SMILES string of the molecule is CCc1ccc(OCCCC(=O)N2CCc3c(noc3-c3ccc(F)cc3)C2)c(Br)c1. The third kappa shape index (κ3) is 4.98. The molecule has 2 heterocycles. The van der Waals surface area contributed by atoms with Gasteiger partial charge in [-0.3, -0.25) is 4.79 Å². The highest BCUT2D eigenvalue weighted by atomic mass is 79.9. The van der Waals surface area contributed by atoms with Crippen LogP contribution in [0.1, 0.15) is 36.6 Å². The van der Waals surface area contributed by atoms with Gasteiger partial charge in [0.05, 0.1) is 17.6 Å². The van der Waals surface area contributed by atoms with E-state index in [0.717, 1.165) is 33.5 Å². The summed E-state index contributed by atoms with van der Waals surface area (Å²) in [5.74, 6) is 1.25. The molecular formula is C24H24BrFN2O3. The summed E-state index contributed by atoms with van der Waals surface area (Å²) in [6.45, 7) is 3.64. The van der Waals surface area contributed by atoms with E-state index in [9.17, 15) is 9.18 Å². The van der Waals surface area contributed by atoms with Crippen LogP contribution in [0.2, 0.25) is 0 Å². The van der Waals surface area contributed by atoms with Crippen molar-refractivity contribution < 1.29 is 18.4 Å². The van der Waals surface area contributed by atoms with Gasteiger partial charge in [-0.15, -0.1) is 0 Å². The molecule has 0 radical (unpaired) electrons. The van der Waals surface area contributed by atoms with Crippen molar-refractivity contribution in [3.63, 3.8) is 0 Å². The Balaban J connectivity index is 1.29. The molecule has 0 saturated carbocycles. The highest BCUT2D eigenvalue weighted by molar-refractivity contribution is 9.10. The maximum absolute atomic E-state index is 13.2. The molecular weight excluding hydrogens is 463 g/mol. The van der Waals surface area contributed by atoms with E-state index in [0.29, 0.717) is 44.7 Å². The van der Waals surface area contributed by atoms with Crippen LogP contribution in [0.25, 0.3) is 11.3 Å². The van der Waals surface area contributed by atoms with E-state index in [1.54, 1.807) is 12.1 Å². The van der Waals surface area contributed by atoms with Gasteiger partial charge in [-0.25, -0.2) is 4.39 Å². The van der Waals surface area contributed by atoms with Crippen LogP contribution in [-0.4, -0.2) is 29.1 Å². The van der Waals surface area contributed by atoms with Crippen molar-refractivity contribution in [3.8, 4) is 17.1 Å². The summed E-state index contributed by atoms with van der Waals surface area (Å²) in [7, 11) is 0. The lowest BCUT2D eigenvalue weighted by atomic mass is 10.0. The number of ether oxygens (including phenoxy) is 1. The first-order chi connectivity index (χ1) is 15.0. The van der Waals surface area contributed by atoms with E-state index in [1.807, 2.05) is 11.0 Å². The first kappa shape index (κ1) is 21.6. The number of nitrogens with zero attached hydrogens (tertiary/aromatic N) is 2. The second-order valence-corrected chi connectivity index (χ2v) is 8.43. The predicted molar refractivity (Wildman–Crippen MR) is 119 cm³/mol. The van der Waals surface area contributed by atoms with Gasteiger partial charge >= 0.3 is 0 Å². The highest BCUT2D eigenvalue weighted by Crippen LogP contribution is 2.31. The number of aryl methyl sites for hydroxylation is 1. The van der Waals surface area contributed by atoms with Crippen molar-refractivity contribution in [2.75, 3.05) is 13.2 Å². The molecule has 1 aliphatic rings. The van der Waals surface area contributed by atoms with E-state index in [2.05, 4.69) is 40.1 Å². The molecule has 0 aliphatic carbocycles. The molecule has 162 valence electrons. The average Bonchev–Trinajstić information content (AvgIpc) is 3.21. The van der Waals surface area contributed by atoms with Gasteiger partial charge in [0.1, 0.15) is 17.3 Å². The first-order valence-corrected chi connectivity index (χ1v) is 11.3. The average molecular weight is 487 g/mol. The third-order valence-electron chi connectivity index (χ3n) is 5.50. The smallest absolute Gasteiger partial charge is 0.223 e. The molecule has 5 nitrogen and oxygen atoms in total. The maximum Gasteiger partial charge on any atom is 0.223 e. The molecule has 7 heteroatoms. The number of carbonyl (C=O) groups is 1. The van der Waals surface area contributed by atoms with E-state index in [-0.39, 0.29) is 11.7 Å². The molecule has 1 aliphatic heterocycles. The van der Waals surface area contributed by atoms with Gasteiger partial charge in [0.2, 0.25) is 5.91 Å². The molecule has 0 atom stereocenters. The van der Waals surface area contributed by atoms with Crippen LogP contribution in [0.5, 0.6) is 5.75 Å². The number of hydrogen-bond donors (Lipinski definition) is 0. The maximum atomic E-state index is 13.2. The van der Waals surface area contributed by atoms with Gasteiger partial charge in [0, 0.05) is 24.1 Å². The topological polar surface area (TPSA) is 55.6 Å². The number of benzene rings is 2. The largest absolute Gasteiger partial charge is 0.492 e. The minimum Gasteiger partial charge on any atom is -0.492 e. The third-order valence-corrected chi connectivity index (χ3v) is 6.12. The van der Waals surface area contributed by atoms with Crippen molar-refractivity contribution in [3.05, 3.63) is 69.6 Å². The first-order valence-electron chi connectivity index (χ1n) is 10.5. The van der Waals surface area contributed by atoms with Crippen molar-refractivity contribution >= 4 is 21.8 Å². The fraction of sp³-hybridized carbons (Fsp3) is 0.333. The second-order valence-electron chi connectivity index (χ2n) is 7.58. The highest BCUT2D eigenvalue weighted by Gasteiger charge is 2.27. The molecule has 31 heavy (non-hydrogen) atoms. The summed E-state index contributed by atoms with van der Waals surface area (Å²) < 4.78 is 25.4. The monoisotopic (exact) mass is 486 g/mol. The lowest BCUT2D eigenvalue weighted by Crippen LogP contribution is -2.36. The molecule has 0 spiro atoms. The van der Waals surface area contributed by atoms with Crippen molar-refractivity contribution in [1.29, 1.82) is 0 Å². The van der Waals surface area contributed by atoms with Gasteiger partial charge in [0.25, 0.3) is 0 Å². The summed E-state index contributed by atoms with van der Waals surface area (Å²) >= 11 is 3.53. The Hall–Kier alpha value is -2.67. The molecule has 1 aromatic heterocycles. The zero-order chi connectivity index (χ0) is 21.8. The Morgan fingerprint density at radius 1 is 1.26 bits per heavy atom. The number of carbonyl (C=O) groups excluding carboxylic acids is 1. The summed E-state index contributed by atoms with van der Waals surface area (Å²) in [6.07, 6.45) is 2.71. The molecule has 0 bridgehead atoms. The van der Waals surface area contributed by atoms with Crippen LogP contribution in [0.4, 0.5) is 4.39 Å². The van der Waals surface area contributed by atoms with Crippen LogP contribution in [0.3, 0.4) is 0 Å². The lowest BCUT2D eigenvalue weighted by Gasteiger charge is -2.26. The second kappa shape index (κ2) is 9.64. The normalized spacial score (nSPS) is 13.2. The van der Waals surface area contributed by atoms with Gasteiger partial charge in [-0.1, -0.05) is 18.1 Å². The minimum absolute atomic E-state index is 0.0842. The minimum atomic E-state index is -0.289. The van der Waals surface area contributed by atoms with Crippen LogP contribution >= 0.6 is 15.9 Å². The molecule has 4 rings (SSSR count). The quantitative estimate of drug-likeness (QED) is 0.410. The van der Waals surface area contributed by atoms with Crippen LogP contribution in [0.15, 0.2) is 51.5 Å². The van der Waals surface area contributed by atoms with Crippen molar-refractivity contribution in [1.82, 2.24) is 10.1 Å². The van der Waals surface area contributed by atoms with Crippen LogP contribution in [0, 0.1) is 5.82 Å². The van der Waals surface area contributed by atoms with Gasteiger partial charge in [-0.2, -0.15) is 0 Å². The number of fused-ring (bicyclic) bond motifs is 1. The van der Waals surface area contributed by atoms with Crippen LogP contribution < -0.4 is 4.74 Å². The molecule has 3 aromatic rings. The number of aromatic nitrogens is 1. The number of amides is 1. The fourth-order valence-electron chi connectivity index (χ4n) is 3.72. The Kier molecular flexibility index (Phi) is 6.70. The number of rotatable bonds is 7. The van der Waals surface area contributed by atoms with Crippen molar-refractivity contribution in [2.45, 2.75) is 39.2 Å². The van der Waals surface area contributed by atoms with Gasteiger partial charge in [0.15, 0.2) is 5.76 Å². The van der Waals surface area contributed by atoms with Gasteiger partial charge < -0.3 is 14.2 Å². The zero-order valence-corrected chi connectivity index (χ0v) is 19.0. The summed E-state index contributed by atoms with van der Waals surface area (Å²) in [5, 5.41) is 4.16. The Bertz CT molecular complexity index is 1070. The number of halogens is 2. The van der Waals surface area contributed by atoms with Crippen LogP contribution in [-0.2, 0) is 24.2 Å². The molecule has 2 aromatic carbocycles. The van der Waals surface area contributed by atoms with E-state index in [1.165, 1.54) is 17.7 Å². The number of hydrogen-bond acceptors (Lipinski definition) is 4. The van der Waals surface area contributed by atoms with E-state index >= 15 is 0 Å². The summed E-state index contributed by atoms with van der Waals surface area (Å²) in [5.41, 5.74) is 3.81. The fourth-order valence-corrected chi connectivity index (χ4v) is 4.26. The molecule has 0 saturated heterocycles. The van der Waals surface area contributed by atoms with E-state index < -0.39 is 0 Å². The molecule has 0 unspecified atom stereocenters.